The van der Waals surface area contributed by atoms with Crippen LogP contribution in [0.3, 0.4) is 0 Å². The molecule has 1 aliphatic rings. The standard InChI is InChI=1S/C24H30N4O5.ClH/c1-2-32-22(30)16-20(17-7-4-3-5-8-17)28-23(31)19-10-9-18(15-21(19)29)33-14-13-27-24-25-11-6-12-26-24;/h3-5,7-10,15,20,29H,2,6,11-14,16H2,1H3,(H,28,31)(H2,25,26,27);1H. The third-order valence-electron chi connectivity index (χ3n) is 4.96. The first-order valence-electron chi connectivity index (χ1n) is 11.1. The second-order valence-electron chi connectivity index (χ2n) is 7.41. The van der Waals surface area contributed by atoms with Crippen LogP contribution in [0.5, 0.6) is 11.5 Å². The summed E-state index contributed by atoms with van der Waals surface area (Å²) in [7, 11) is 0. The van der Waals surface area contributed by atoms with Crippen LogP contribution in [0.1, 0.15) is 41.7 Å². The van der Waals surface area contributed by atoms with Gasteiger partial charge in [-0.05, 0) is 31.0 Å². The number of esters is 1. The monoisotopic (exact) mass is 490 g/mol. The number of nitrogens with zero attached hydrogens (tertiary/aromatic N) is 1. The molecule has 0 saturated heterocycles. The van der Waals surface area contributed by atoms with Crippen molar-refractivity contribution in [1.82, 2.24) is 16.0 Å². The van der Waals surface area contributed by atoms with Crippen molar-refractivity contribution in [2.24, 2.45) is 4.99 Å². The quantitative estimate of drug-likeness (QED) is 0.298. The van der Waals surface area contributed by atoms with E-state index in [4.69, 9.17) is 9.47 Å². The molecule has 1 unspecified atom stereocenters. The summed E-state index contributed by atoms with van der Waals surface area (Å²) < 4.78 is 10.7. The summed E-state index contributed by atoms with van der Waals surface area (Å²) >= 11 is 0. The normalized spacial score (nSPS) is 13.4. The number of carbonyl (C=O) groups excluding carboxylic acids is 2. The third-order valence-corrected chi connectivity index (χ3v) is 4.96. The summed E-state index contributed by atoms with van der Waals surface area (Å²) in [5, 5.41) is 19.5. The number of phenolic OH excluding ortho intramolecular Hbond substituents is 1. The highest BCUT2D eigenvalue weighted by molar-refractivity contribution is 5.97. The second kappa shape index (κ2) is 13.9. The van der Waals surface area contributed by atoms with Crippen LogP contribution in [-0.4, -0.2) is 55.8 Å². The fraction of sp³-hybridized carbons (Fsp3) is 0.375. The van der Waals surface area contributed by atoms with Crippen LogP contribution >= 0.6 is 12.4 Å². The molecule has 1 atom stereocenters. The summed E-state index contributed by atoms with van der Waals surface area (Å²) in [6.45, 7) is 4.60. The number of amides is 1. The first-order chi connectivity index (χ1) is 16.1. The van der Waals surface area contributed by atoms with Gasteiger partial charge in [-0.2, -0.15) is 0 Å². The van der Waals surface area contributed by atoms with E-state index in [2.05, 4.69) is 20.9 Å². The fourth-order valence-corrected chi connectivity index (χ4v) is 3.34. The van der Waals surface area contributed by atoms with Crippen molar-refractivity contribution in [2.45, 2.75) is 25.8 Å². The molecular weight excluding hydrogens is 460 g/mol. The lowest BCUT2D eigenvalue weighted by Crippen LogP contribution is -2.42. The van der Waals surface area contributed by atoms with Gasteiger partial charge in [0.05, 0.1) is 31.2 Å². The van der Waals surface area contributed by atoms with Gasteiger partial charge in [-0.3, -0.25) is 14.6 Å². The Bertz CT molecular complexity index is 971. The number of nitrogens with one attached hydrogen (secondary N) is 3. The van der Waals surface area contributed by atoms with E-state index in [1.54, 1.807) is 13.0 Å². The van der Waals surface area contributed by atoms with Gasteiger partial charge < -0.3 is 30.5 Å². The molecule has 0 fully saturated rings. The topological polar surface area (TPSA) is 121 Å². The van der Waals surface area contributed by atoms with Crippen LogP contribution < -0.4 is 20.7 Å². The number of guanidine groups is 1. The Kier molecular flexibility index (Phi) is 11.0. The molecule has 0 radical (unpaired) electrons. The van der Waals surface area contributed by atoms with Crippen molar-refractivity contribution < 1.29 is 24.2 Å². The Morgan fingerprint density at radius 1 is 1.21 bits per heavy atom. The minimum atomic E-state index is -0.588. The highest BCUT2D eigenvalue weighted by Crippen LogP contribution is 2.25. The first-order valence-corrected chi connectivity index (χ1v) is 11.1. The van der Waals surface area contributed by atoms with Crippen LogP contribution in [0, 0.1) is 0 Å². The number of ether oxygens (including phenoxy) is 2. The zero-order valence-corrected chi connectivity index (χ0v) is 19.9. The van der Waals surface area contributed by atoms with Gasteiger partial charge in [-0.15, -0.1) is 12.4 Å². The van der Waals surface area contributed by atoms with Crippen molar-refractivity contribution >= 4 is 30.2 Å². The molecule has 184 valence electrons. The molecule has 0 bridgehead atoms. The van der Waals surface area contributed by atoms with Crippen molar-refractivity contribution in [3.63, 3.8) is 0 Å². The van der Waals surface area contributed by atoms with Gasteiger partial charge in [0.15, 0.2) is 5.96 Å². The Labute approximate surface area is 205 Å². The number of rotatable bonds is 10. The molecule has 4 N–H and O–H groups in total. The zero-order valence-electron chi connectivity index (χ0n) is 19.1. The molecule has 0 spiro atoms. The molecular formula is C24H31ClN4O5. The Morgan fingerprint density at radius 3 is 2.68 bits per heavy atom. The van der Waals surface area contributed by atoms with Crippen LogP contribution in [0.15, 0.2) is 53.5 Å². The van der Waals surface area contributed by atoms with Crippen LogP contribution in [-0.2, 0) is 9.53 Å². The second-order valence-corrected chi connectivity index (χ2v) is 7.41. The van der Waals surface area contributed by atoms with Crippen molar-refractivity contribution in [2.75, 3.05) is 32.8 Å². The molecule has 9 nitrogen and oxygen atoms in total. The Balaban J connectivity index is 0.00000408. The lowest BCUT2D eigenvalue weighted by atomic mass is 10.0. The van der Waals surface area contributed by atoms with E-state index < -0.39 is 17.9 Å². The van der Waals surface area contributed by atoms with E-state index in [0.29, 0.717) is 18.9 Å². The molecule has 1 heterocycles. The number of halogens is 1. The maximum absolute atomic E-state index is 12.8. The smallest absolute Gasteiger partial charge is 0.308 e. The largest absolute Gasteiger partial charge is 0.507 e. The number of hydrogen-bond acceptors (Lipinski definition) is 8. The SMILES string of the molecule is CCOC(=O)CC(NC(=O)c1ccc(OCCNC2=NCCCN2)cc1O)c1ccccc1.Cl. The van der Waals surface area contributed by atoms with Gasteiger partial charge in [-0.1, -0.05) is 30.3 Å². The predicted octanol–water partition coefficient (Wildman–Crippen LogP) is 2.56. The molecule has 1 aliphatic heterocycles. The number of hydrogen-bond donors (Lipinski definition) is 4. The Hall–Kier alpha value is -3.46. The molecule has 10 heteroatoms. The molecule has 2 aromatic rings. The van der Waals surface area contributed by atoms with Crippen molar-refractivity contribution in [1.29, 1.82) is 0 Å². The van der Waals surface area contributed by atoms with E-state index in [1.165, 1.54) is 12.1 Å². The van der Waals surface area contributed by atoms with Gasteiger partial charge in [0.2, 0.25) is 0 Å². The van der Waals surface area contributed by atoms with Crippen LogP contribution in [0.2, 0.25) is 0 Å². The maximum atomic E-state index is 12.8. The highest BCUT2D eigenvalue weighted by atomic mass is 35.5. The van der Waals surface area contributed by atoms with Crippen molar-refractivity contribution in [3.05, 3.63) is 59.7 Å². The van der Waals surface area contributed by atoms with Gasteiger partial charge in [0.1, 0.15) is 18.1 Å². The summed E-state index contributed by atoms with van der Waals surface area (Å²) in [5.41, 5.74) is 0.855. The molecule has 3 rings (SSSR count). The third kappa shape index (κ3) is 8.15. The lowest BCUT2D eigenvalue weighted by molar-refractivity contribution is -0.143. The number of aliphatic imine (C=N–C) groups is 1. The van der Waals surface area contributed by atoms with Gasteiger partial charge >= 0.3 is 5.97 Å². The van der Waals surface area contributed by atoms with Crippen LogP contribution in [0.4, 0.5) is 0 Å². The van der Waals surface area contributed by atoms with Crippen molar-refractivity contribution in [3.8, 4) is 11.5 Å². The predicted molar refractivity (Wildman–Crippen MR) is 132 cm³/mol. The molecule has 0 aromatic heterocycles. The average Bonchev–Trinajstić information content (AvgIpc) is 2.83. The Morgan fingerprint density at radius 2 is 2.00 bits per heavy atom. The summed E-state index contributed by atoms with van der Waals surface area (Å²) in [5.74, 6) is 0.0770. The molecule has 0 aliphatic carbocycles. The highest BCUT2D eigenvalue weighted by Gasteiger charge is 2.21. The number of carbonyl (C=O) groups is 2. The van der Waals surface area contributed by atoms with Crippen LogP contribution in [0.25, 0.3) is 0 Å². The van der Waals surface area contributed by atoms with E-state index in [1.807, 2.05) is 30.3 Å². The molecule has 0 saturated carbocycles. The maximum Gasteiger partial charge on any atom is 0.308 e. The molecule has 2 aromatic carbocycles. The molecule has 34 heavy (non-hydrogen) atoms. The lowest BCUT2D eigenvalue weighted by Gasteiger charge is -2.19. The first kappa shape index (κ1) is 26.8. The van der Waals surface area contributed by atoms with Gasteiger partial charge in [0.25, 0.3) is 5.91 Å². The summed E-state index contributed by atoms with van der Waals surface area (Å²) in [6, 6.07) is 13.1. The minimum Gasteiger partial charge on any atom is -0.507 e. The summed E-state index contributed by atoms with van der Waals surface area (Å²) in [4.78, 5) is 29.2. The number of benzene rings is 2. The number of aromatic hydroxyl groups is 1. The minimum absolute atomic E-state index is 0. The van der Waals surface area contributed by atoms with E-state index in [-0.39, 0.29) is 36.7 Å². The molecule has 1 amide bonds. The van der Waals surface area contributed by atoms with E-state index in [9.17, 15) is 14.7 Å². The summed E-state index contributed by atoms with van der Waals surface area (Å²) in [6.07, 6.45) is 1.01. The van der Waals surface area contributed by atoms with Gasteiger partial charge in [-0.25, -0.2) is 0 Å². The van der Waals surface area contributed by atoms with E-state index >= 15 is 0 Å². The van der Waals surface area contributed by atoms with E-state index in [0.717, 1.165) is 31.0 Å². The fourth-order valence-electron chi connectivity index (χ4n) is 3.34. The average molecular weight is 491 g/mol. The van der Waals surface area contributed by atoms with Gasteiger partial charge in [0, 0.05) is 19.2 Å². The zero-order chi connectivity index (χ0) is 23.5. The number of phenols is 1.